The van der Waals surface area contributed by atoms with Gasteiger partial charge in [0.1, 0.15) is 11.5 Å². The second kappa shape index (κ2) is 8.72. The largest absolute Gasteiger partial charge is 0.497 e. The first-order chi connectivity index (χ1) is 16.5. The van der Waals surface area contributed by atoms with Crippen LogP contribution >= 0.6 is 11.8 Å². The molecule has 5 rings (SSSR count). The average molecular weight is 475 g/mol. The van der Waals surface area contributed by atoms with Gasteiger partial charge in [-0.1, -0.05) is 24.3 Å². The number of carbonyl (C=O) groups excluding carboxylic acids is 2. The summed E-state index contributed by atoms with van der Waals surface area (Å²) in [7, 11) is 3.20. The number of methoxy groups -OCH3 is 2. The van der Waals surface area contributed by atoms with Crippen LogP contribution in [0.25, 0.3) is 0 Å². The maximum Gasteiger partial charge on any atom is 0.268 e. The standard InChI is InChI=1S/C27H26N2O4S/c1-18-6-4-5-7-20(18)17-28-24-13-12-22(33-3)16-23(24)27(26(28)31)29(14-15-34-27)25(30)19-8-10-21(32-2)11-9-19/h4-13,16H,14-15,17H2,1-3H3. The van der Waals surface area contributed by atoms with Gasteiger partial charge in [0, 0.05) is 23.4 Å². The Morgan fingerprint density at radius 3 is 2.41 bits per heavy atom. The number of anilines is 1. The number of nitrogens with zero attached hydrogens (tertiary/aromatic N) is 2. The number of hydrogen-bond acceptors (Lipinski definition) is 5. The van der Waals surface area contributed by atoms with E-state index in [1.54, 1.807) is 43.4 Å². The van der Waals surface area contributed by atoms with Gasteiger partial charge in [0.15, 0.2) is 4.87 Å². The van der Waals surface area contributed by atoms with E-state index in [4.69, 9.17) is 9.47 Å². The van der Waals surface area contributed by atoms with Gasteiger partial charge >= 0.3 is 0 Å². The van der Waals surface area contributed by atoms with E-state index in [2.05, 4.69) is 0 Å². The summed E-state index contributed by atoms with van der Waals surface area (Å²) >= 11 is 1.51. The first kappa shape index (κ1) is 22.3. The van der Waals surface area contributed by atoms with E-state index in [0.29, 0.717) is 35.9 Å². The number of thioether (sulfide) groups is 1. The smallest absolute Gasteiger partial charge is 0.268 e. The lowest BCUT2D eigenvalue weighted by molar-refractivity contribution is -0.123. The summed E-state index contributed by atoms with van der Waals surface area (Å²) in [5.74, 6) is 1.74. The van der Waals surface area contributed by atoms with Crippen molar-refractivity contribution in [2.45, 2.75) is 18.3 Å². The van der Waals surface area contributed by atoms with Crippen LogP contribution in [0.3, 0.4) is 0 Å². The van der Waals surface area contributed by atoms with Crippen LogP contribution in [-0.2, 0) is 16.2 Å². The number of hydrogen-bond donors (Lipinski definition) is 0. The fraction of sp³-hybridized carbons (Fsp3) is 0.259. The SMILES string of the molecule is COc1ccc(C(=O)N2CCSC23C(=O)N(Cc2ccccc2C)c2ccc(OC)cc23)cc1. The molecular weight excluding hydrogens is 448 g/mol. The lowest BCUT2D eigenvalue weighted by atomic mass is 10.0. The molecule has 1 saturated heterocycles. The zero-order valence-electron chi connectivity index (χ0n) is 19.4. The molecule has 1 unspecified atom stereocenters. The van der Waals surface area contributed by atoms with Crippen LogP contribution in [0.2, 0.25) is 0 Å². The number of fused-ring (bicyclic) bond motifs is 2. The van der Waals surface area contributed by atoms with E-state index in [-0.39, 0.29) is 11.8 Å². The quantitative estimate of drug-likeness (QED) is 0.541. The molecule has 0 aliphatic carbocycles. The van der Waals surface area contributed by atoms with Crippen LogP contribution in [-0.4, -0.2) is 43.2 Å². The molecule has 3 aromatic rings. The zero-order chi connectivity index (χ0) is 23.9. The number of ether oxygens (including phenoxy) is 2. The van der Waals surface area contributed by atoms with Gasteiger partial charge in [0.05, 0.1) is 26.5 Å². The maximum absolute atomic E-state index is 14.2. The fourth-order valence-corrected chi connectivity index (χ4v) is 6.18. The van der Waals surface area contributed by atoms with Crippen molar-refractivity contribution in [3.8, 4) is 11.5 Å². The van der Waals surface area contributed by atoms with E-state index in [1.807, 2.05) is 54.3 Å². The van der Waals surface area contributed by atoms with Crippen LogP contribution in [0.1, 0.15) is 27.0 Å². The van der Waals surface area contributed by atoms with E-state index in [9.17, 15) is 9.59 Å². The Bertz CT molecular complexity index is 1260. The molecule has 1 fully saturated rings. The lowest BCUT2D eigenvalue weighted by Gasteiger charge is -2.33. The summed E-state index contributed by atoms with van der Waals surface area (Å²) < 4.78 is 10.7. The number of rotatable bonds is 5. The van der Waals surface area contributed by atoms with Crippen molar-refractivity contribution < 1.29 is 19.1 Å². The molecule has 6 nitrogen and oxygen atoms in total. The third-order valence-electron chi connectivity index (χ3n) is 6.57. The number of benzene rings is 3. The minimum atomic E-state index is -1.12. The molecular formula is C27H26N2O4S. The Morgan fingerprint density at radius 2 is 1.71 bits per heavy atom. The number of amides is 2. The van der Waals surface area contributed by atoms with Crippen LogP contribution in [0.15, 0.2) is 66.7 Å². The minimum absolute atomic E-state index is 0.0941. The second-order valence-electron chi connectivity index (χ2n) is 8.38. The molecule has 2 heterocycles. The van der Waals surface area contributed by atoms with Gasteiger partial charge < -0.3 is 19.3 Å². The highest BCUT2D eigenvalue weighted by Gasteiger charge is 2.59. The predicted octanol–water partition coefficient (Wildman–Crippen LogP) is 4.60. The summed E-state index contributed by atoms with van der Waals surface area (Å²) in [5, 5.41) is 0. The van der Waals surface area contributed by atoms with Gasteiger partial charge in [-0.15, -0.1) is 11.8 Å². The number of aryl methyl sites for hydroxylation is 1. The summed E-state index contributed by atoms with van der Waals surface area (Å²) in [6.45, 7) is 2.97. The molecule has 2 aliphatic heterocycles. The second-order valence-corrected chi connectivity index (χ2v) is 9.67. The molecule has 2 aliphatic rings. The molecule has 174 valence electrons. The third-order valence-corrected chi connectivity index (χ3v) is 7.99. The molecule has 1 spiro atoms. The first-order valence-electron chi connectivity index (χ1n) is 11.1. The Kier molecular flexibility index (Phi) is 5.73. The Hall–Kier alpha value is -3.45. The molecule has 0 saturated carbocycles. The molecule has 0 radical (unpaired) electrons. The van der Waals surface area contributed by atoms with Gasteiger partial charge in [-0.2, -0.15) is 0 Å². The molecule has 1 atom stereocenters. The van der Waals surface area contributed by atoms with Crippen molar-refractivity contribution in [3.63, 3.8) is 0 Å². The molecule has 0 bridgehead atoms. The fourth-order valence-electron chi connectivity index (χ4n) is 4.73. The Morgan fingerprint density at radius 1 is 1.00 bits per heavy atom. The van der Waals surface area contributed by atoms with E-state index < -0.39 is 4.87 Å². The van der Waals surface area contributed by atoms with E-state index in [0.717, 1.165) is 22.4 Å². The lowest BCUT2D eigenvalue weighted by Crippen LogP contribution is -2.50. The topological polar surface area (TPSA) is 59.1 Å². The summed E-state index contributed by atoms with van der Waals surface area (Å²) in [6.07, 6.45) is 0. The van der Waals surface area contributed by atoms with Gasteiger partial charge in [-0.05, 0) is 60.5 Å². The summed E-state index contributed by atoms with van der Waals surface area (Å²) in [6, 6.07) is 20.8. The first-order valence-corrected chi connectivity index (χ1v) is 12.1. The van der Waals surface area contributed by atoms with Gasteiger partial charge in [0.2, 0.25) is 0 Å². The van der Waals surface area contributed by atoms with Crippen molar-refractivity contribution in [1.29, 1.82) is 0 Å². The van der Waals surface area contributed by atoms with Crippen LogP contribution in [0, 0.1) is 6.92 Å². The van der Waals surface area contributed by atoms with Crippen molar-refractivity contribution in [1.82, 2.24) is 4.90 Å². The van der Waals surface area contributed by atoms with Crippen LogP contribution in [0.4, 0.5) is 5.69 Å². The highest BCUT2D eigenvalue weighted by Crippen LogP contribution is 2.55. The summed E-state index contributed by atoms with van der Waals surface area (Å²) in [4.78, 5) is 30.3. The van der Waals surface area contributed by atoms with E-state index in [1.165, 1.54) is 11.8 Å². The van der Waals surface area contributed by atoms with Gasteiger partial charge in [-0.3, -0.25) is 9.59 Å². The van der Waals surface area contributed by atoms with Crippen molar-refractivity contribution in [3.05, 3.63) is 89.0 Å². The highest BCUT2D eigenvalue weighted by atomic mass is 32.2. The maximum atomic E-state index is 14.2. The van der Waals surface area contributed by atoms with Crippen LogP contribution < -0.4 is 14.4 Å². The number of carbonyl (C=O) groups is 2. The van der Waals surface area contributed by atoms with Gasteiger partial charge in [-0.25, -0.2) is 0 Å². The van der Waals surface area contributed by atoms with Crippen molar-refractivity contribution >= 4 is 29.3 Å². The normalized spacial score (nSPS) is 19.0. The minimum Gasteiger partial charge on any atom is -0.497 e. The molecule has 2 amide bonds. The molecule has 0 aromatic heterocycles. The van der Waals surface area contributed by atoms with Crippen molar-refractivity contribution in [2.24, 2.45) is 0 Å². The predicted molar refractivity (Wildman–Crippen MR) is 134 cm³/mol. The third kappa shape index (κ3) is 3.42. The Balaban J connectivity index is 1.60. The monoisotopic (exact) mass is 474 g/mol. The van der Waals surface area contributed by atoms with E-state index >= 15 is 0 Å². The zero-order valence-corrected chi connectivity index (χ0v) is 20.2. The average Bonchev–Trinajstić information content (AvgIpc) is 3.41. The van der Waals surface area contributed by atoms with Crippen LogP contribution in [0.5, 0.6) is 11.5 Å². The van der Waals surface area contributed by atoms with Crippen molar-refractivity contribution in [2.75, 3.05) is 31.4 Å². The molecule has 34 heavy (non-hydrogen) atoms. The highest BCUT2D eigenvalue weighted by molar-refractivity contribution is 8.01. The molecule has 0 N–H and O–H groups in total. The summed E-state index contributed by atoms with van der Waals surface area (Å²) in [5.41, 5.74) is 4.34. The molecule has 3 aromatic carbocycles. The van der Waals surface area contributed by atoms with Gasteiger partial charge in [0.25, 0.3) is 11.8 Å². The Labute approximate surface area is 203 Å². The molecule has 7 heteroatoms.